The summed E-state index contributed by atoms with van der Waals surface area (Å²) in [6.45, 7) is 1.63. The molecule has 3 aromatic carbocycles. The maximum absolute atomic E-state index is 11.8. The number of hydrogen-bond acceptors (Lipinski definition) is 11. The highest BCUT2D eigenvalue weighted by Gasteiger charge is 2.22. The molecule has 0 saturated heterocycles. The van der Waals surface area contributed by atoms with Crippen LogP contribution in [0.4, 0.5) is 22.7 Å². The maximum Gasteiger partial charge on any atom is 0.296 e. The number of benzene rings is 3. The Kier molecular flexibility index (Phi) is 6.05. The van der Waals surface area contributed by atoms with Crippen LogP contribution in [0.15, 0.2) is 56.4 Å². The smallest absolute Gasteiger partial charge is 0.296 e. The average molecular weight is 484 g/mol. The van der Waals surface area contributed by atoms with Gasteiger partial charge >= 0.3 is 0 Å². The van der Waals surface area contributed by atoms with E-state index in [0.717, 1.165) is 18.2 Å². The molecular weight excluding hydrogens is 468 g/mol. The van der Waals surface area contributed by atoms with Crippen molar-refractivity contribution in [3.63, 3.8) is 0 Å². The summed E-state index contributed by atoms with van der Waals surface area (Å²) >= 11 is 0. The van der Waals surface area contributed by atoms with Crippen LogP contribution in [-0.4, -0.2) is 36.3 Å². The number of nitrogens with zero attached hydrogens (tertiary/aromatic N) is 2. The molecule has 0 bridgehead atoms. The molecule has 0 atom stereocenters. The molecule has 0 aliphatic carbocycles. The number of hydrogen-bond donors (Lipinski definition) is 6. The van der Waals surface area contributed by atoms with Crippen molar-refractivity contribution in [3.8, 4) is 5.75 Å². The topological polar surface area (TPSA) is 221 Å². The first-order valence-corrected chi connectivity index (χ1v) is 11.3. The third kappa shape index (κ3) is 4.62. The summed E-state index contributed by atoms with van der Waals surface area (Å²) in [4.78, 5) is 2.26. The number of nitrogens with one attached hydrogen (secondary N) is 1. The molecule has 0 unspecified atom stereocenters. The van der Waals surface area contributed by atoms with E-state index in [1.54, 1.807) is 6.92 Å². The Morgan fingerprint density at radius 2 is 1.62 bits per heavy atom. The van der Waals surface area contributed by atoms with E-state index in [1.807, 2.05) is 5.48 Å². The van der Waals surface area contributed by atoms with Gasteiger partial charge < -0.3 is 10.8 Å². The number of phenolic OH excluding ortho intramolecular Hbond substituents is 1. The van der Waals surface area contributed by atoms with Crippen molar-refractivity contribution in [3.05, 3.63) is 42.0 Å². The van der Waals surface area contributed by atoms with Crippen LogP contribution in [-0.2, 0) is 25.2 Å². The van der Waals surface area contributed by atoms with E-state index in [-0.39, 0.29) is 27.9 Å². The summed E-state index contributed by atoms with van der Waals surface area (Å²) in [6, 6.07) is 7.08. The van der Waals surface area contributed by atoms with Crippen LogP contribution in [0.25, 0.3) is 10.8 Å². The Morgan fingerprint density at radius 1 is 0.969 bits per heavy atom. The molecule has 13 nitrogen and oxygen atoms in total. The number of rotatable bonds is 6. The number of nitrogens with two attached hydrogens (primary N) is 1. The van der Waals surface area contributed by atoms with E-state index >= 15 is 0 Å². The fourth-order valence-electron chi connectivity index (χ4n) is 2.98. The number of phenols is 1. The van der Waals surface area contributed by atoms with Crippen LogP contribution in [0.2, 0.25) is 0 Å². The van der Waals surface area contributed by atoms with E-state index in [0.29, 0.717) is 5.56 Å². The molecule has 0 heterocycles. The van der Waals surface area contributed by atoms with Gasteiger partial charge in [-0.1, -0.05) is 6.07 Å². The lowest BCUT2D eigenvalue weighted by molar-refractivity contribution is -0.215. The number of fused-ring (bicyclic) bond motifs is 1. The zero-order valence-electron chi connectivity index (χ0n) is 16.1. The van der Waals surface area contributed by atoms with Crippen LogP contribution in [0.3, 0.4) is 0 Å². The fraction of sp³-hybridized carbons (Fsp3) is 0.0588. The van der Waals surface area contributed by atoms with Crippen LogP contribution < -0.4 is 11.2 Å². The second-order valence-corrected chi connectivity index (χ2v) is 9.33. The van der Waals surface area contributed by atoms with Gasteiger partial charge in [0, 0.05) is 0 Å². The van der Waals surface area contributed by atoms with Gasteiger partial charge in [-0.3, -0.25) is 9.11 Å². The van der Waals surface area contributed by atoms with Gasteiger partial charge in [0.05, 0.1) is 16.8 Å². The van der Waals surface area contributed by atoms with Crippen LogP contribution in [0.5, 0.6) is 5.75 Å². The lowest BCUT2D eigenvalue weighted by Crippen LogP contribution is -2.04. The minimum Gasteiger partial charge on any atom is -0.507 e. The van der Waals surface area contributed by atoms with Crippen LogP contribution >= 0.6 is 0 Å². The minimum atomic E-state index is -4.82. The van der Waals surface area contributed by atoms with Crippen molar-refractivity contribution < 1.29 is 41.3 Å². The molecule has 3 aromatic rings. The molecule has 7 N–H and O–H groups in total. The predicted molar refractivity (Wildman–Crippen MR) is 112 cm³/mol. The highest BCUT2D eigenvalue weighted by Crippen LogP contribution is 2.43. The molecule has 15 heteroatoms. The maximum atomic E-state index is 11.8. The molecule has 0 aliphatic rings. The van der Waals surface area contributed by atoms with E-state index in [4.69, 9.17) is 11.0 Å². The summed E-state index contributed by atoms with van der Waals surface area (Å²) in [5, 5.41) is 26.5. The minimum absolute atomic E-state index is 0.00961. The van der Waals surface area contributed by atoms with Gasteiger partial charge in [0.15, 0.2) is 0 Å². The van der Waals surface area contributed by atoms with Crippen molar-refractivity contribution >= 4 is 53.8 Å². The first-order chi connectivity index (χ1) is 14.8. The molecular formula is C17H16N4O9S2. The largest absolute Gasteiger partial charge is 0.507 e. The van der Waals surface area contributed by atoms with Crippen molar-refractivity contribution in [1.82, 2.24) is 0 Å². The first kappa shape index (κ1) is 23.3. The summed E-state index contributed by atoms with van der Waals surface area (Å²) in [6.07, 6.45) is 0. The zero-order valence-corrected chi connectivity index (χ0v) is 17.7. The van der Waals surface area contributed by atoms with Crippen molar-refractivity contribution in [1.29, 1.82) is 0 Å². The second-order valence-electron chi connectivity index (χ2n) is 6.55. The second kappa shape index (κ2) is 8.30. The monoisotopic (exact) mass is 484 g/mol. The van der Waals surface area contributed by atoms with Gasteiger partial charge in [0.25, 0.3) is 20.2 Å². The molecule has 0 radical (unpaired) electrons. The summed E-state index contributed by atoms with van der Waals surface area (Å²) < 4.78 is 66.0. The van der Waals surface area contributed by atoms with Gasteiger partial charge in [-0.05, 0) is 48.2 Å². The number of nitrogen functional groups attached to an aromatic ring is 1. The van der Waals surface area contributed by atoms with Gasteiger partial charge in [-0.2, -0.15) is 16.8 Å². The zero-order chi connectivity index (χ0) is 23.8. The third-order valence-electron chi connectivity index (χ3n) is 4.27. The molecule has 0 saturated carbocycles. The van der Waals surface area contributed by atoms with Gasteiger partial charge in [0.1, 0.15) is 26.9 Å². The Bertz CT molecular complexity index is 1470. The molecule has 0 spiro atoms. The molecule has 0 aliphatic heterocycles. The van der Waals surface area contributed by atoms with E-state index in [2.05, 4.69) is 15.2 Å². The van der Waals surface area contributed by atoms with Crippen LogP contribution in [0.1, 0.15) is 5.56 Å². The normalized spacial score (nSPS) is 12.5. The lowest BCUT2D eigenvalue weighted by atomic mass is 10.0. The van der Waals surface area contributed by atoms with E-state index < -0.39 is 41.4 Å². The molecule has 0 aromatic heterocycles. The molecule has 32 heavy (non-hydrogen) atoms. The summed E-state index contributed by atoms with van der Waals surface area (Å²) in [5.41, 5.74) is 7.00. The van der Waals surface area contributed by atoms with Crippen molar-refractivity contribution in [2.75, 3.05) is 11.2 Å². The highest BCUT2D eigenvalue weighted by molar-refractivity contribution is 7.86. The molecule has 170 valence electrons. The average Bonchev–Trinajstić information content (AvgIpc) is 2.66. The quantitative estimate of drug-likeness (QED) is 0.0980. The summed E-state index contributed by atoms with van der Waals surface area (Å²) in [5.74, 6) is -0.322. The number of aromatic hydroxyl groups is 1. The highest BCUT2D eigenvalue weighted by atomic mass is 32.2. The fourth-order valence-corrected chi connectivity index (χ4v) is 4.28. The Labute approximate surface area is 181 Å². The summed E-state index contributed by atoms with van der Waals surface area (Å²) in [7, 11) is -9.61. The molecule has 3 rings (SSSR count). The Hall–Kier alpha value is -3.34. The first-order valence-electron chi connectivity index (χ1n) is 8.46. The number of anilines is 2. The predicted octanol–water partition coefficient (Wildman–Crippen LogP) is 3.16. The number of aryl methyl sites for hydroxylation is 1. The molecule has 0 amide bonds. The van der Waals surface area contributed by atoms with Gasteiger partial charge in [0.2, 0.25) is 0 Å². The standard InChI is InChI=1S/C17H16N4O9S2/c1-8-4-9-6-14(32(27,28)29)16(18)17(15(9)12(22)5-8)20-19-11-3-2-10(21-30-23)7-13(11)31(24,25)26/h2-7,21-23H,18H2,1H3,(H,24,25,26)(H,27,28,29). The lowest BCUT2D eigenvalue weighted by Gasteiger charge is -2.12. The van der Waals surface area contributed by atoms with Crippen LogP contribution in [0, 0.1) is 6.92 Å². The molecule has 0 fully saturated rings. The van der Waals surface area contributed by atoms with Gasteiger partial charge in [-0.15, -0.1) is 15.2 Å². The van der Waals surface area contributed by atoms with E-state index in [9.17, 15) is 31.0 Å². The Balaban J connectivity index is 2.31. The van der Waals surface area contributed by atoms with E-state index in [1.165, 1.54) is 18.2 Å². The van der Waals surface area contributed by atoms with Gasteiger partial charge in [-0.25, -0.2) is 10.7 Å². The third-order valence-corrected chi connectivity index (χ3v) is 6.05. The SMILES string of the molecule is Cc1cc(O)c2c(N=Nc3ccc(NOO)cc3S(=O)(=O)O)c(N)c(S(=O)(=O)O)cc2c1. The number of azo groups is 1. The Morgan fingerprint density at radius 3 is 2.22 bits per heavy atom. The van der Waals surface area contributed by atoms with Crippen molar-refractivity contribution in [2.24, 2.45) is 10.2 Å². The van der Waals surface area contributed by atoms with Crippen molar-refractivity contribution in [2.45, 2.75) is 16.7 Å².